The number of nitrogens with one attached hydrogen (secondary N) is 2. The second kappa shape index (κ2) is 6.07. The van der Waals surface area contributed by atoms with Gasteiger partial charge in [0.2, 0.25) is 0 Å². The van der Waals surface area contributed by atoms with E-state index in [2.05, 4.69) is 10.6 Å². The minimum absolute atomic E-state index is 0.199. The fourth-order valence-electron chi connectivity index (χ4n) is 2.24. The number of nitrogens with two attached hydrogens (primary N) is 1. The summed E-state index contributed by atoms with van der Waals surface area (Å²) in [6.07, 6.45) is -2.44. The predicted molar refractivity (Wildman–Crippen MR) is 86.1 cm³/mol. The molecule has 3 rings (SSSR count). The molecule has 4 nitrogen and oxygen atoms in total. The van der Waals surface area contributed by atoms with Gasteiger partial charge in [0.25, 0.3) is 5.91 Å². The van der Waals surface area contributed by atoms with Crippen LogP contribution in [0.15, 0.2) is 42.5 Å². The highest BCUT2D eigenvalue weighted by atomic mass is 19.4. The van der Waals surface area contributed by atoms with Gasteiger partial charge in [0.1, 0.15) is 0 Å². The second-order valence-corrected chi connectivity index (χ2v) is 5.75. The van der Waals surface area contributed by atoms with Crippen molar-refractivity contribution in [3.8, 4) is 0 Å². The Morgan fingerprint density at radius 1 is 1.12 bits per heavy atom. The van der Waals surface area contributed by atoms with Crippen molar-refractivity contribution >= 4 is 23.0 Å². The summed E-state index contributed by atoms with van der Waals surface area (Å²) in [5, 5.41) is 5.70. The summed E-state index contributed by atoms with van der Waals surface area (Å²) in [5.41, 5.74) is 6.59. The minimum Gasteiger partial charge on any atom is -0.397 e. The highest BCUT2D eigenvalue weighted by molar-refractivity contribution is 5.96. The smallest absolute Gasteiger partial charge is 0.397 e. The lowest BCUT2D eigenvalue weighted by Gasteiger charge is -2.13. The lowest BCUT2D eigenvalue weighted by Crippen LogP contribution is -2.25. The van der Waals surface area contributed by atoms with Crippen molar-refractivity contribution in [3.05, 3.63) is 53.6 Å². The maximum absolute atomic E-state index is 12.7. The van der Waals surface area contributed by atoms with Gasteiger partial charge in [0.05, 0.1) is 16.9 Å². The molecule has 0 heterocycles. The zero-order valence-corrected chi connectivity index (χ0v) is 12.7. The van der Waals surface area contributed by atoms with Gasteiger partial charge in [0.15, 0.2) is 0 Å². The molecular formula is C17H16F3N3O. The summed E-state index contributed by atoms with van der Waals surface area (Å²) >= 11 is 0. The van der Waals surface area contributed by atoms with Crippen molar-refractivity contribution in [2.24, 2.45) is 0 Å². The Labute approximate surface area is 136 Å². The van der Waals surface area contributed by atoms with Gasteiger partial charge in [-0.15, -0.1) is 0 Å². The normalized spacial score (nSPS) is 14.3. The molecule has 0 atom stereocenters. The summed E-state index contributed by atoms with van der Waals surface area (Å²) in [6, 6.07) is 9.75. The van der Waals surface area contributed by atoms with Crippen LogP contribution >= 0.6 is 0 Å². The number of carbonyl (C=O) groups excluding carboxylic acids is 1. The van der Waals surface area contributed by atoms with Crippen LogP contribution in [-0.2, 0) is 6.18 Å². The predicted octanol–water partition coefficient (Wildman–Crippen LogP) is 3.92. The fraction of sp³-hybridized carbons (Fsp3) is 0.235. The largest absolute Gasteiger partial charge is 0.416 e. The highest BCUT2D eigenvalue weighted by Gasteiger charge is 2.30. The molecule has 1 saturated carbocycles. The molecule has 126 valence electrons. The van der Waals surface area contributed by atoms with Gasteiger partial charge in [-0.2, -0.15) is 13.2 Å². The number of alkyl halides is 3. The summed E-state index contributed by atoms with van der Waals surface area (Å²) < 4.78 is 38.2. The first kappa shape index (κ1) is 16.2. The zero-order valence-electron chi connectivity index (χ0n) is 12.7. The summed E-state index contributed by atoms with van der Waals surface area (Å²) in [7, 11) is 0. The molecule has 0 aromatic heterocycles. The maximum atomic E-state index is 12.7. The third-order valence-electron chi connectivity index (χ3n) is 3.70. The molecular weight excluding hydrogens is 319 g/mol. The van der Waals surface area contributed by atoms with Crippen LogP contribution in [0.3, 0.4) is 0 Å². The van der Waals surface area contributed by atoms with E-state index >= 15 is 0 Å². The Bertz CT molecular complexity index is 770. The Balaban J connectivity index is 1.76. The molecule has 0 bridgehead atoms. The van der Waals surface area contributed by atoms with E-state index in [0.717, 1.165) is 25.0 Å². The molecule has 1 aliphatic carbocycles. The lowest BCUT2D eigenvalue weighted by molar-refractivity contribution is -0.137. The van der Waals surface area contributed by atoms with Crippen molar-refractivity contribution in [2.75, 3.05) is 11.1 Å². The van der Waals surface area contributed by atoms with Crippen LogP contribution in [0.25, 0.3) is 0 Å². The molecule has 7 heteroatoms. The molecule has 0 radical (unpaired) electrons. The number of anilines is 3. The molecule has 1 aliphatic rings. The van der Waals surface area contributed by atoms with Crippen LogP contribution in [0.5, 0.6) is 0 Å². The van der Waals surface area contributed by atoms with E-state index in [1.807, 2.05) is 0 Å². The van der Waals surface area contributed by atoms with Gasteiger partial charge in [0, 0.05) is 17.3 Å². The SMILES string of the molecule is Nc1cc(C(=O)NC2CC2)ccc1Nc1cccc(C(F)(F)F)c1. The van der Waals surface area contributed by atoms with E-state index in [-0.39, 0.29) is 23.3 Å². The molecule has 0 spiro atoms. The number of benzene rings is 2. The van der Waals surface area contributed by atoms with Gasteiger partial charge >= 0.3 is 6.18 Å². The number of hydrogen-bond donors (Lipinski definition) is 3. The van der Waals surface area contributed by atoms with E-state index in [9.17, 15) is 18.0 Å². The minimum atomic E-state index is -4.41. The first-order chi connectivity index (χ1) is 11.3. The van der Waals surface area contributed by atoms with Gasteiger partial charge in [-0.05, 0) is 49.2 Å². The Hall–Kier alpha value is -2.70. The standard InChI is InChI=1S/C17H16F3N3O/c18-17(19,20)11-2-1-3-13(9-11)22-15-7-4-10(8-14(15)21)16(24)23-12-5-6-12/h1-4,7-9,12,22H,5-6,21H2,(H,23,24). The van der Waals surface area contributed by atoms with Crippen molar-refractivity contribution in [1.29, 1.82) is 0 Å². The average molecular weight is 335 g/mol. The number of amides is 1. The van der Waals surface area contributed by atoms with E-state index < -0.39 is 11.7 Å². The third kappa shape index (κ3) is 3.79. The number of nitrogen functional groups attached to an aromatic ring is 1. The van der Waals surface area contributed by atoms with Gasteiger partial charge in [-0.1, -0.05) is 6.07 Å². The number of hydrogen-bond acceptors (Lipinski definition) is 3. The molecule has 4 N–H and O–H groups in total. The van der Waals surface area contributed by atoms with Crippen molar-refractivity contribution in [3.63, 3.8) is 0 Å². The van der Waals surface area contributed by atoms with E-state index in [4.69, 9.17) is 5.73 Å². The van der Waals surface area contributed by atoms with Gasteiger partial charge < -0.3 is 16.4 Å². The first-order valence-corrected chi connectivity index (χ1v) is 7.47. The zero-order chi connectivity index (χ0) is 17.3. The Morgan fingerprint density at radius 2 is 1.88 bits per heavy atom. The topological polar surface area (TPSA) is 67.2 Å². The fourth-order valence-corrected chi connectivity index (χ4v) is 2.24. The Morgan fingerprint density at radius 3 is 2.50 bits per heavy atom. The molecule has 24 heavy (non-hydrogen) atoms. The van der Waals surface area contributed by atoms with E-state index in [1.165, 1.54) is 18.2 Å². The van der Waals surface area contributed by atoms with Gasteiger partial charge in [-0.3, -0.25) is 4.79 Å². The maximum Gasteiger partial charge on any atom is 0.416 e. The molecule has 0 aliphatic heterocycles. The molecule has 1 amide bonds. The second-order valence-electron chi connectivity index (χ2n) is 5.75. The van der Waals surface area contributed by atoms with Crippen LogP contribution < -0.4 is 16.4 Å². The summed E-state index contributed by atoms with van der Waals surface area (Å²) in [6.45, 7) is 0. The summed E-state index contributed by atoms with van der Waals surface area (Å²) in [4.78, 5) is 12.0. The first-order valence-electron chi connectivity index (χ1n) is 7.47. The highest BCUT2D eigenvalue weighted by Crippen LogP contribution is 2.32. The van der Waals surface area contributed by atoms with E-state index in [0.29, 0.717) is 11.3 Å². The quantitative estimate of drug-likeness (QED) is 0.742. The van der Waals surface area contributed by atoms with Crippen molar-refractivity contribution < 1.29 is 18.0 Å². The third-order valence-corrected chi connectivity index (χ3v) is 3.70. The molecule has 2 aromatic carbocycles. The number of halogens is 3. The average Bonchev–Trinajstić information content (AvgIpc) is 3.32. The van der Waals surface area contributed by atoms with Crippen molar-refractivity contribution in [2.45, 2.75) is 25.1 Å². The number of carbonyl (C=O) groups is 1. The Kier molecular flexibility index (Phi) is 4.09. The number of rotatable bonds is 4. The van der Waals surface area contributed by atoms with Crippen molar-refractivity contribution in [1.82, 2.24) is 5.32 Å². The molecule has 1 fully saturated rings. The monoisotopic (exact) mass is 335 g/mol. The molecule has 0 unspecified atom stereocenters. The van der Waals surface area contributed by atoms with Crippen LogP contribution in [0.2, 0.25) is 0 Å². The van der Waals surface area contributed by atoms with Crippen LogP contribution in [0.4, 0.5) is 30.2 Å². The van der Waals surface area contributed by atoms with Crippen LogP contribution in [0.1, 0.15) is 28.8 Å². The summed E-state index contributed by atoms with van der Waals surface area (Å²) in [5.74, 6) is -0.199. The van der Waals surface area contributed by atoms with Gasteiger partial charge in [-0.25, -0.2) is 0 Å². The molecule has 0 saturated heterocycles. The molecule has 2 aromatic rings. The van der Waals surface area contributed by atoms with Crippen LogP contribution in [0, 0.1) is 0 Å². The van der Waals surface area contributed by atoms with E-state index in [1.54, 1.807) is 12.1 Å². The van der Waals surface area contributed by atoms with Crippen LogP contribution in [-0.4, -0.2) is 11.9 Å². The lowest BCUT2D eigenvalue weighted by atomic mass is 10.1.